The Morgan fingerprint density at radius 2 is 1.83 bits per heavy atom. The Balaban J connectivity index is 3.63. The number of aliphatic hydroxyl groups is 1. The van der Waals surface area contributed by atoms with Crippen LogP contribution in [-0.4, -0.2) is 35.7 Å². The third kappa shape index (κ3) is 4.07. The molecule has 12 heavy (non-hydrogen) atoms. The first-order chi connectivity index (χ1) is 5.54. The first-order valence-electron chi connectivity index (χ1n) is 4.86. The van der Waals surface area contributed by atoms with Crippen molar-refractivity contribution in [3.8, 4) is 0 Å². The van der Waals surface area contributed by atoms with Crippen LogP contribution in [0, 0.1) is 0 Å². The molecule has 0 radical (unpaired) electrons. The van der Waals surface area contributed by atoms with Crippen LogP contribution in [0.5, 0.6) is 0 Å². The summed E-state index contributed by atoms with van der Waals surface area (Å²) >= 11 is 0. The van der Waals surface area contributed by atoms with Crippen LogP contribution in [0.2, 0.25) is 0 Å². The van der Waals surface area contributed by atoms with Gasteiger partial charge < -0.3 is 10.0 Å². The molecule has 0 amide bonds. The normalized spacial score (nSPS) is 12.5. The van der Waals surface area contributed by atoms with Gasteiger partial charge in [0.05, 0.1) is 0 Å². The van der Waals surface area contributed by atoms with Crippen molar-refractivity contribution in [2.24, 2.45) is 0 Å². The molecule has 0 unspecified atom stereocenters. The van der Waals surface area contributed by atoms with Gasteiger partial charge in [-0.25, -0.2) is 0 Å². The van der Waals surface area contributed by atoms with Crippen molar-refractivity contribution in [2.75, 3.05) is 20.2 Å². The molecule has 0 aliphatic heterocycles. The van der Waals surface area contributed by atoms with E-state index in [2.05, 4.69) is 32.7 Å². The number of hydrogen-bond donors (Lipinski definition) is 1. The van der Waals surface area contributed by atoms with E-state index in [1.54, 1.807) is 0 Å². The maximum Gasteiger partial charge on any atom is 0.0431 e. The van der Waals surface area contributed by atoms with E-state index in [0.29, 0.717) is 12.1 Å². The lowest BCUT2D eigenvalue weighted by Crippen LogP contribution is -2.40. The van der Waals surface area contributed by atoms with E-state index in [0.717, 1.165) is 19.4 Å². The second-order valence-corrected chi connectivity index (χ2v) is 4.02. The maximum atomic E-state index is 8.62. The van der Waals surface area contributed by atoms with Gasteiger partial charge in [0.25, 0.3) is 0 Å². The van der Waals surface area contributed by atoms with Crippen molar-refractivity contribution in [3.05, 3.63) is 0 Å². The van der Waals surface area contributed by atoms with Crippen molar-refractivity contribution in [2.45, 2.75) is 45.6 Å². The van der Waals surface area contributed by atoms with E-state index in [9.17, 15) is 0 Å². The Bertz CT molecular complexity index is 112. The minimum Gasteiger partial charge on any atom is -0.396 e. The molecular formula is C10H23NO. The van der Waals surface area contributed by atoms with E-state index in [1.165, 1.54) is 6.42 Å². The van der Waals surface area contributed by atoms with Crippen LogP contribution < -0.4 is 0 Å². The van der Waals surface area contributed by atoms with Crippen LogP contribution in [0.15, 0.2) is 0 Å². The van der Waals surface area contributed by atoms with Crippen molar-refractivity contribution in [1.82, 2.24) is 4.90 Å². The summed E-state index contributed by atoms with van der Waals surface area (Å²) in [5.41, 5.74) is 0.301. The lowest BCUT2D eigenvalue weighted by Gasteiger charge is -2.34. The Kier molecular flexibility index (Phi) is 5.51. The van der Waals surface area contributed by atoms with Crippen LogP contribution in [0.25, 0.3) is 0 Å². The predicted molar refractivity (Wildman–Crippen MR) is 53.3 cm³/mol. The molecule has 1 N–H and O–H groups in total. The smallest absolute Gasteiger partial charge is 0.0431 e. The molecule has 0 aromatic rings. The Morgan fingerprint density at radius 1 is 1.25 bits per heavy atom. The van der Waals surface area contributed by atoms with E-state index in [-0.39, 0.29) is 0 Å². The SMILES string of the molecule is CCC(C)(C)N(C)CCCCO. The number of nitrogens with zero attached hydrogens (tertiary/aromatic N) is 1. The van der Waals surface area contributed by atoms with Gasteiger partial charge in [-0.1, -0.05) is 6.92 Å². The van der Waals surface area contributed by atoms with Crippen molar-refractivity contribution in [1.29, 1.82) is 0 Å². The molecule has 0 aliphatic carbocycles. The fourth-order valence-electron chi connectivity index (χ4n) is 1.03. The Labute approximate surface area is 76.6 Å². The highest BCUT2D eigenvalue weighted by Gasteiger charge is 2.19. The van der Waals surface area contributed by atoms with Gasteiger partial charge in [-0.05, 0) is 46.7 Å². The zero-order chi connectivity index (χ0) is 9.61. The molecule has 0 saturated carbocycles. The van der Waals surface area contributed by atoms with Gasteiger partial charge in [-0.2, -0.15) is 0 Å². The molecule has 0 atom stereocenters. The maximum absolute atomic E-state index is 8.62. The second kappa shape index (κ2) is 5.55. The molecular weight excluding hydrogens is 150 g/mol. The molecule has 0 bridgehead atoms. The monoisotopic (exact) mass is 173 g/mol. The Hall–Kier alpha value is -0.0800. The largest absolute Gasteiger partial charge is 0.396 e. The average Bonchev–Trinajstić information content (AvgIpc) is 2.05. The standard InChI is InChI=1S/C10H23NO/c1-5-10(2,3)11(4)8-6-7-9-12/h12H,5-9H2,1-4H3. The molecule has 0 rings (SSSR count). The highest BCUT2D eigenvalue weighted by Crippen LogP contribution is 2.16. The topological polar surface area (TPSA) is 23.5 Å². The molecule has 2 heteroatoms. The highest BCUT2D eigenvalue weighted by molar-refractivity contribution is 4.76. The third-order valence-corrected chi connectivity index (χ3v) is 2.80. The van der Waals surface area contributed by atoms with E-state index >= 15 is 0 Å². The van der Waals surface area contributed by atoms with Gasteiger partial charge in [0.1, 0.15) is 0 Å². The van der Waals surface area contributed by atoms with Gasteiger partial charge in [-0.15, -0.1) is 0 Å². The van der Waals surface area contributed by atoms with Crippen LogP contribution >= 0.6 is 0 Å². The van der Waals surface area contributed by atoms with Gasteiger partial charge in [0, 0.05) is 12.1 Å². The van der Waals surface area contributed by atoms with E-state index in [4.69, 9.17) is 5.11 Å². The summed E-state index contributed by atoms with van der Waals surface area (Å²) in [4.78, 5) is 2.36. The summed E-state index contributed by atoms with van der Waals surface area (Å²) in [6, 6.07) is 0. The summed E-state index contributed by atoms with van der Waals surface area (Å²) in [5.74, 6) is 0. The number of hydrogen-bond acceptors (Lipinski definition) is 2. The number of unbranched alkanes of at least 4 members (excludes halogenated alkanes) is 1. The van der Waals surface area contributed by atoms with Gasteiger partial charge in [-0.3, -0.25) is 0 Å². The number of aliphatic hydroxyl groups excluding tert-OH is 1. The van der Waals surface area contributed by atoms with E-state index < -0.39 is 0 Å². The zero-order valence-corrected chi connectivity index (χ0v) is 8.93. The fourth-order valence-corrected chi connectivity index (χ4v) is 1.03. The molecule has 0 saturated heterocycles. The summed E-state index contributed by atoms with van der Waals surface area (Å²) < 4.78 is 0. The van der Waals surface area contributed by atoms with Gasteiger partial charge >= 0.3 is 0 Å². The van der Waals surface area contributed by atoms with Gasteiger partial charge in [0.2, 0.25) is 0 Å². The number of rotatable bonds is 6. The van der Waals surface area contributed by atoms with Crippen LogP contribution in [0.3, 0.4) is 0 Å². The lowest BCUT2D eigenvalue weighted by molar-refractivity contribution is 0.144. The van der Waals surface area contributed by atoms with Crippen LogP contribution in [-0.2, 0) is 0 Å². The van der Waals surface area contributed by atoms with Crippen molar-refractivity contribution >= 4 is 0 Å². The lowest BCUT2D eigenvalue weighted by atomic mass is 10.00. The van der Waals surface area contributed by atoms with Crippen molar-refractivity contribution < 1.29 is 5.11 Å². The quantitative estimate of drug-likeness (QED) is 0.620. The minimum absolute atomic E-state index is 0.301. The first-order valence-corrected chi connectivity index (χ1v) is 4.86. The van der Waals surface area contributed by atoms with Crippen LogP contribution in [0.1, 0.15) is 40.0 Å². The Morgan fingerprint density at radius 3 is 2.25 bits per heavy atom. The first kappa shape index (κ1) is 11.9. The molecule has 0 aromatic heterocycles. The minimum atomic E-state index is 0.301. The zero-order valence-electron chi connectivity index (χ0n) is 8.93. The van der Waals surface area contributed by atoms with Crippen LogP contribution in [0.4, 0.5) is 0 Å². The molecule has 0 fully saturated rings. The molecule has 0 aromatic carbocycles. The molecule has 2 nitrogen and oxygen atoms in total. The molecule has 0 aliphatic rings. The molecule has 74 valence electrons. The third-order valence-electron chi connectivity index (χ3n) is 2.80. The van der Waals surface area contributed by atoms with Crippen molar-refractivity contribution in [3.63, 3.8) is 0 Å². The average molecular weight is 173 g/mol. The summed E-state index contributed by atoms with van der Waals surface area (Å²) in [6.45, 7) is 8.13. The summed E-state index contributed by atoms with van der Waals surface area (Å²) in [6.07, 6.45) is 3.18. The summed E-state index contributed by atoms with van der Waals surface area (Å²) in [7, 11) is 2.15. The predicted octanol–water partition coefficient (Wildman–Crippen LogP) is 1.88. The molecule has 0 heterocycles. The van der Waals surface area contributed by atoms with E-state index in [1.807, 2.05) is 0 Å². The van der Waals surface area contributed by atoms with Gasteiger partial charge in [0.15, 0.2) is 0 Å². The fraction of sp³-hybridized carbons (Fsp3) is 1.00. The molecule has 0 spiro atoms. The highest BCUT2D eigenvalue weighted by atomic mass is 16.2. The second-order valence-electron chi connectivity index (χ2n) is 4.02. The summed E-state index contributed by atoms with van der Waals surface area (Å²) in [5, 5.41) is 8.62.